The van der Waals surface area contributed by atoms with Gasteiger partial charge in [0.05, 0.1) is 17.8 Å². The maximum Gasteiger partial charge on any atom is 0.244 e. The monoisotopic (exact) mass is 310 g/mol. The van der Waals surface area contributed by atoms with Gasteiger partial charge in [0.1, 0.15) is 0 Å². The Labute approximate surface area is 137 Å². The van der Waals surface area contributed by atoms with Gasteiger partial charge in [-0.3, -0.25) is 19.7 Å². The first-order chi connectivity index (χ1) is 11.2. The number of piperidine rings is 1. The molecular weight excluding hydrogens is 288 g/mol. The lowest BCUT2D eigenvalue weighted by Crippen LogP contribution is -2.52. The third-order valence-electron chi connectivity index (χ3n) is 4.59. The molecule has 2 aromatic rings. The molecule has 1 aliphatic rings. The highest BCUT2D eigenvalue weighted by atomic mass is 16.2. The second-order valence-corrected chi connectivity index (χ2v) is 5.96. The zero-order chi connectivity index (χ0) is 16.2. The molecule has 3 rings (SSSR count). The summed E-state index contributed by atoms with van der Waals surface area (Å²) in [5, 5.41) is 0. The van der Waals surface area contributed by atoms with E-state index in [4.69, 9.17) is 0 Å². The third-order valence-corrected chi connectivity index (χ3v) is 4.59. The largest absolute Gasteiger partial charge is 0.311 e. The number of amides is 1. The van der Waals surface area contributed by atoms with Gasteiger partial charge in [-0.1, -0.05) is 18.2 Å². The fourth-order valence-electron chi connectivity index (χ4n) is 3.10. The van der Waals surface area contributed by atoms with Crippen LogP contribution in [0.4, 0.5) is 5.69 Å². The molecular formula is C18H22N4O. The van der Waals surface area contributed by atoms with Crippen LogP contribution in [-0.4, -0.2) is 40.4 Å². The number of nitrogens with zero attached hydrogens (tertiary/aromatic N) is 4. The molecule has 1 saturated heterocycles. The normalized spacial score (nSPS) is 19.9. The first kappa shape index (κ1) is 15.6. The summed E-state index contributed by atoms with van der Waals surface area (Å²) in [7, 11) is 2.00. The van der Waals surface area contributed by atoms with Gasteiger partial charge in [-0.25, -0.2) is 0 Å². The Balaban J connectivity index is 1.78. The van der Waals surface area contributed by atoms with Crippen LogP contribution in [0.15, 0.2) is 48.9 Å². The summed E-state index contributed by atoms with van der Waals surface area (Å²) in [5.74, 6) is 0.167. The smallest absolute Gasteiger partial charge is 0.244 e. The summed E-state index contributed by atoms with van der Waals surface area (Å²) in [5.41, 5.74) is 1.86. The van der Waals surface area contributed by atoms with Crippen molar-refractivity contribution in [3.05, 3.63) is 54.6 Å². The van der Waals surface area contributed by atoms with Crippen LogP contribution >= 0.6 is 0 Å². The Kier molecular flexibility index (Phi) is 4.67. The van der Waals surface area contributed by atoms with Crippen LogP contribution in [-0.2, 0) is 4.79 Å². The summed E-state index contributed by atoms with van der Waals surface area (Å²) in [6.07, 6.45) is 7.01. The van der Waals surface area contributed by atoms with Crippen molar-refractivity contribution in [2.24, 2.45) is 0 Å². The van der Waals surface area contributed by atoms with Crippen LogP contribution in [0.25, 0.3) is 0 Å². The lowest BCUT2D eigenvalue weighted by molar-refractivity contribution is -0.125. The van der Waals surface area contributed by atoms with E-state index in [2.05, 4.69) is 21.8 Å². The van der Waals surface area contributed by atoms with E-state index in [0.29, 0.717) is 0 Å². The van der Waals surface area contributed by atoms with Crippen molar-refractivity contribution >= 4 is 11.6 Å². The van der Waals surface area contributed by atoms with Crippen molar-refractivity contribution < 1.29 is 4.79 Å². The average Bonchev–Trinajstić information content (AvgIpc) is 2.62. The third kappa shape index (κ3) is 3.24. The fourth-order valence-corrected chi connectivity index (χ4v) is 3.10. The summed E-state index contributed by atoms with van der Waals surface area (Å²) >= 11 is 0. The Morgan fingerprint density at radius 3 is 2.74 bits per heavy atom. The minimum atomic E-state index is -0.124. The van der Waals surface area contributed by atoms with E-state index in [0.717, 1.165) is 30.8 Å². The van der Waals surface area contributed by atoms with Crippen molar-refractivity contribution in [3.63, 3.8) is 0 Å². The molecule has 1 amide bonds. The number of hydrogen-bond donors (Lipinski definition) is 0. The fraction of sp³-hybridized carbons (Fsp3) is 0.389. The highest BCUT2D eigenvalue weighted by Crippen LogP contribution is 2.27. The first-order valence-corrected chi connectivity index (χ1v) is 8.03. The molecule has 0 spiro atoms. The van der Waals surface area contributed by atoms with Gasteiger partial charge >= 0.3 is 0 Å². The Hall–Kier alpha value is -2.27. The van der Waals surface area contributed by atoms with Crippen LogP contribution < -0.4 is 4.90 Å². The van der Waals surface area contributed by atoms with Gasteiger partial charge in [0, 0.05) is 30.8 Å². The number of carbonyl (C=O) groups is 1. The van der Waals surface area contributed by atoms with E-state index < -0.39 is 0 Å². The molecule has 120 valence electrons. The van der Waals surface area contributed by atoms with Gasteiger partial charge in [-0.05, 0) is 38.9 Å². The Morgan fingerprint density at radius 1 is 1.26 bits per heavy atom. The standard InChI is InChI=1S/C18H22N4O/c1-14(16-13-19-10-11-20-16)21(2)17-9-6-12-22(18(17)23)15-7-4-3-5-8-15/h3-5,7-8,10-11,13-14,17H,6,9,12H2,1-2H3/t14-,17-/m0/s1. The van der Waals surface area contributed by atoms with Gasteiger partial charge in [-0.2, -0.15) is 0 Å². The molecule has 0 N–H and O–H groups in total. The van der Waals surface area contributed by atoms with Crippen molar-refractivity contribution in [3.8, 4) is 0 Å². The minimum Gasteiger partial charge on any atom is -0.311 e. The number of benzene rings is 1. The van der Waals surface area contributed by atoms with Crippen LogP contribution in [0.1, 0.15) is 31.5 Å². The van der Waals surface area contributed by atoms with Crippen LogP contribution in [0.2, 0.25) is 0 Å². The van der Waals surface area contributed by atoms with E-state index in [1.165, 1.54) is 0 Å². The molecule has 0 radical (unpaired) electrons. The Morgan fingerprint density at radius 2 is 2.04 bits per heavy atom. The maximum absolute atomic E-state index is 13.0. The predicted octanol–water partition coefficient (Wildman–Crippen LogP) is 2.67. The van der Waals surface area contributed by atoms with E-state index in [-0.39, 0.29) is 18.0 Å². The van der Waals surface area contributed by atoms with Crippen molar-refractivity contribution in [1.29, 1.82) is 0 Å². The summed E-state index contributed by atoms with van der Waals surface area (Å²) < 4.78 is 0. The van der Waals surface area contributed by atoms with Crippen LogP contribution in [0, 0.1) is 0 Å². The van der Waals surface area contributed by atoms with Crippen LogP contribution in [0.3, 0.4) is 0 Å². The van der Waals surface area contributed by atoms with Crippen molar-refractivity contribution in [2.45, 2.75) is 31.8 Å². The molecule has 5 heteroatoms. The topological polar surface area (TPSA) is 49.3 Å². The summed E-state index contributed by atoms with van der Waals surface area (Å²) in [6.45, 7) is 2.85. The molecule has 1 aromatic heterocycles. The quantitative estimate of drug-likeness (QED) is 0.871. The highest BCUT2D eigenvalue weighted by Gasteiger charge is 2.34. The molecule has 0 bridgehead atoms. The lowest BCUT2D eigenvalue weighted by Gasteiger charge is -2.39. The molecule has 2 heterocycles. The van der Waals surface area contributed by atoms with E-state index >= 15 is 0 Å². The molecule has 0 saturated carbocycles. The number of anilines is 1. The second kappa shape index (κ2) is 6.87. The van der Waals surface area contributed by atoms with Crippen molar-refractivity contribution in [1.82, 2.24) is 14.9 Å². The van der Waals surface area contributed by atoms with Gasteiger partial charge in [0.2, 0.25) is 5.91 Å². The molecule has 1 aliphatic heterocycles. The molecule has 0 aliphatic carbocycles. The zero-order valence-electron chi connectivity index (χ0n) is 13.6. The number of likely N-dealkylation sites (N-methyl/N-ethyl adjacent to an activating group) is 1. The SMILES string of the molecule is C[C@@H](c1cnccn1)N(C)[C@H]1CCCN(c2ccccc2)C1=O. The van der Waals surface area contributed by atoms with E-state index in [9.17, 15) is 4.79 Å². The minimum absolute atomic E-state index is 0.0494. The number of hydrogen-bond acceptors (Lipinski definition) is 4. The van der Waals surface area contributed by atoms with Gasteiger partial charge in [0.25, 0.3) is 0 Å². The second-order valence-electron chi connectivity index (χ2n) is 5.96. The lowest BCUT2D eigenvalue weighted by atomic mass is 10.0. The predicted molar refractivity (Wildman–Crippen MR) is 90.0 cm³/mol. The van der Waals surface area contributed by atoms with Crippen molar-refractivity contribution in [2.75, 3.05) is 18.5 Å². The molecule has 2 atom stereocenters. The average molecular weight is 310 g/mol. The Bertz CT molecular complexity index is 647. The molecule has 1 fully saturated rings. The van der Waals surface area contributed by atoms with E-state index in [1.807, 2.05) is 42.3 Å². The molecule has 5 nitrogen and oxygen atoms in total. The first-order valence-electron chi connectivity index (χ1n) is 8.03. The number of carbonyl (C=O) groups excluding carboxylic acids is 1. The van der Waals surface area contributed by atoms with Gasteiger partial charge in [-0.15, -0.1) is 0 Å². The number of rotatable bonds is 4. The summed E-state index contributed by atoms with van der Waals surface area (Å²) in [4.78, 5) is 25.5. The molecule has 1 aromatic carbocycles. The molecule has 0 unspecified atom stereocenters. The van der Waals surface area contributed by atoms with E-state index in [1.54, 1.807) is 18.6 Å². The summed E-state index contributed by atoms with van der Waals surface area (Å²) in [6, 6.07) is 9.82. The number of para-hydroxylation sites is 1. The van der Waals surface area contributed by atoms with Crippen LogP contribution in [0.5, 0.6) is 0 Å². The maximum atomic E-state index is 13.0. The van der Waals surface area contributed by atoms with Gasteiger partial charge < -0.3 is 4.90 Å². The van der Waals surface area contributed by atoms with Gasteiger partial charge in [0.15, 0.2) is 0 Å². The zero-order valence-corrected chi connectivity index (χ0v) is 13.6. The molecule has 23 heavy (non-hydrogen) atoms. The number of aromatic nitrogens is 2. The highest BCUT2D eigenvalue weighted by molar-refractivity contribution is 5.97.